The molecule has 1 saturated carbocycles. The fraction of sp³-hybridized carbons (Fsp3) is 0.476. The maximum atomic E-state index is 12.1. The van der Waals surface area contributed by atoms with E-state index in [9.17, 15) is 9.59 Å². The van der Waals surface area contributed by atoms with Crippen LogP contribution < -0.4 is 0 Å². The lowest BCUT2D eigenvalue weighted by Gasteiger charge is -2.40. The second-order valence-corrected chi connectivity index (χ2v) is 8.14. The number of benzene rings is 1. The second-order valence-electron chi connectivity index (χ2n) is 7.25. The molecule has 0 bridgehead atoms. The minimum absolute atomic E-state index is 0.0109. The molecule has 1 aromatic carbocycles. The molecule has 2 aliphatic rings. The smallest absolute Gasteiger partial charge is 0.313 e. The third-order valence-electron chi connectivity index (χ3n) is 5.49. The van der Waals surface area contributed by atoms with Gasteiger partial charge in [0.25, 0.3) is 0 Å². The largest absolute Gasteiger partial charge is 0.458 e. The van der Waals surface area contributed by atoms with Crippen molar-refractivity contribution in [3.8, 4) is 11.8 Å². The number of carbonyl (C=O) groups is 2. The fourth-order valence-corrected chi connectivity index (χ4v) is 4.97. The minimum atomic E-state index is -0.626. The summed E-state index contributed by atoms with van der Waals surface area (Å²) in [5.74, 6) is 6.36. The van der Waals surface area contributed by atoms with E-state index in [2.05, 4.69) is 22.9 Å². The molecule has 134 valence electrons. The predicted molar refractivity (Wildman–Crippen MR) is 101 cm³/mol. The second kappa shape index (κ2) is 7.20. The lowest BCUT2D eigenvalue weighted by molar-refractivity contribution is -0.178. The maximum Gasteiger partial charge on any atom is 0.313 e. The van der Waals surface area contributed by atoms with Gasteiger partial charge in [0, 0.05) is 18.4 Å². The van der Waals surface area contributed by atoms with Gasteiger partial charge in [-0.1, -0.05) is 24.7 Å². The van der Waals surface area contributed by atoms with Crippen LogP contribution in [0.1, 0.15) is 56.9 Å². The quantitative estimate of drug-likeness (QED) is 0.462. The lowest BCUT2D eigenvalue weighted by Crippen LogP contribution is -2.47. The molecule has 2 aromatic rings. The summed E-state index contributed by atoms with van der Waals surface area (Å²) in [6.45, 7) is 0. The van der Waals surface area contributed by atoms with E-state index in [4.69, 9.17) is 4.74 Å². The van der Waals surface area contributed by atoms with E-state index in [1.54, 1.807) is 11.3 Å². The van der Waals surface area contributed by atoms with Crippen LogP contribution in [-0.2, 0) is 14.3 Å². The van der Waals surface area contributed by atoms with Gasteiger partial charge >= 0.3 is 5.97 Å². The van der Waals surface area contributed by atoms with Gasteiger partial charge in [-0.2, -0.15) is 0 Å². The van der Waals surface area contributed by atoms with Gasteiger partial charge in [0.1, 0.15) is 17.8 Å². The van der Waals surface area contributed by atoms with E-state index < -0.39 is 5.60 Å². The first kappa shape index (κ1) is 17.2. The Morgan fingerprint density at radius 1 is 1.27 bits per heavy atom. The molecule has 1 aliphatic heterocycles. The van der Waals surface area contributed by atoms with Gasteiger partial charge in [0.2, 0.25) is 0 Å². The molecule has 0 N–H and O–H groups in total. The zero-order valence-electron chi connectivity index (χ0n) is 14.6. The van der Waals surface area contributed by atoms with E-state index >= 15 is 0 Å². The Morgan fingerprint density at radius 3 is 2.92 bits per heavy atom. The number of fused-ring (bicyclic) bond motifs is 1. The number of ketones is 1. The SMILES string of the molecule is O=C1CC(=O)OC(CCC#Cc2ccc3ncsc3c2)(C2CCCC2)C1. The molecule has 4 rings (SSSR count). The van der Waals surface area contributed by atoms with Crippen LogP contribution in [-0.4, -0.2) is 22.3 Å². The number of Topliss-reactive ketones (excluding diaryl/α,β-unsaturated/α-hetero) is 1. The summed E-state index contributed by atoms with van der Waals surface area (Å²) in [4.78, 5) is 28.2. The molecule has 26 heavy (non-hydrogen) atoms. The molecule has 1 atom stereocenters. The highest BCUT2D eigenvalue weighted by atomic mass is 32.1. The molecule has 2 heterocycles. The van der Waals surface area contributed by atoms with Crippen LogP contribution in [0.2, 0.25) is 0 Å². The number of cyclic esters (lactones) is 1. The molecule has 1 unspecified atom stereocenters. The van der Waals surface area contributed by atoms with Gasteiger partial charge in [0.15, 0.2) is 0 Å². The monoisotopic (exact) mass is 367 g/mol. The van der Waals surface area contributed by atoms with E-state index in [1.165, 1.54) is 0 Å². The normalized spacial score (nSPS) is 23.7. The number of esters is 1. The van der Waals surface area contributed by atoms with Crippen LogP contribution in [0.3, 0.4) is 0 Å². The fourth-order valence-electron chi connectivity index (χ4n) is 4.25. The molecule has 0 radical (unpaired) electrons. The highest BCUT2D eigenvalue weighted by Crippen LogP contribution is 2.43. The number of hydrogen-bond donors (Lipinski definition) is 0. The zero-order valence-corrected chi connectivity index (χ0v) is 15.4. The van der Waals surface area contributed by atoms with Gasteiger partial charge in [-0.25, -0.2) is 4.98 Å². The number of nitrogens with zero attached hydrogens (tertiary/aromatic N) is 1. The number of hydrogen-bond acceptors (Lipinski definition) is 5. The summed E-state index contributed by atoms with van der Waals surface area (Å²) in [6.07, 6.45) is 5.93. The predicted octanol–water partition coefficient (Wildman–Crippen LogP) is 4.26. The maximum absolute atomic E-state index is 12.1. The van der Waals surface area contributed by atoms with Gasteiger partial charge in [0.05, 0.1) is 15.7 Å². The number of carbonyl (C=O) groups excluding carboxylic acids is 2. The van der Waals surface area contributed by atoms with E-state index in [-0.39, 0.29) is 18.2 Å². The summed E-state index contributed by atoms with van der Waals surface area (Å²) in [5, 5.41) is 0. The average Bonchev–Trinajstić information content (AvgIpc) is 3.29. The topological polar surface area (TPSA) is 56.3 Å². The van der Waals surface area contributed by atoms with Gasteiger partial charge in [-0.05, 0) is 43.4 Å². The molecule has 1 aromatic heterocycles. The van der Waals surface area contributed by atoms with E-state index in [0.29, 0.717) is 25.2 Å². The molecule has 2 fully saturated rings. The first-order valence-corrected chi connectivity index (χ1v) is 10.1. The van der Waals surface area contributed by atoms with Crippen molar-refractivity contribution in [1.29, 1.82) is 0 Å². The van der Waals surface area contributed by atoms with Crippen LogP contribution in [0.5, 0.6) is 0 Å². The highest BCUT2D eigenvalue weighted by molar-refractivity contribution is 7.16. The molecular formula is C21H21NO3S. The Labute approximate surface area is 157 Å². The number of ether oxygens (including phenoxy) is 1. The van der Waals surface area contributed by atoms with Crippen LogP contribution in [0, 0.1) is 17.8 Å². The molecule has 4 nitrogen and oxygen atoms in total. The third-order valence-corrected chi connectivity index (χ3v) is 6.28. The van der Waals surface area contributed by atoms with E-state index in [1.807, 2.05) is 17.6 Å². The Morgan fingerprint density at radius 2 is 2.12 bits per heavy atom. The van der Waals surface area contributed by atoms with Gasteiger partial charge in [-0.3, -0.25) is 9.59 Å². The van der Waals surface area contributed by atoms with Crippen molar-refractivity contribution in [1.82, 2.24) is 4.98 Å². The highest BCUT2D eigenvalue weighted by Gasteiger charge is 2.47. The molecular weight excluding hydrogens is 346 g/mol. The summed E-state index contributed by atoms with van der Waals surface area (Å²) >= 11 is 1.61. The van der Waals surface area contributed by atoms with Crippen molar-refractivity contribution in [2.45, 2.75) is 57.0 Å². The lowest BCUT2D eigenvalue weighted by atomic mass is 9.76. The van der Waals surface area contributed by atoms with Gasteiger partial charge in [-0.15, -0.1) is 11.3 Å². The van der Waals surface area contributed by atoms with Crippen molar-refractivity contribution in [3.63, 3.8) is 0 Å². The first-order chi connectivity index (χ1) is 12.6. The summed E-state index contributed by atoms with van der Waals surface area (Å²) in [5.41, 5.74) is 3.17. The Balaban J connectivity index is 1.48. The van der Waals surface area contributed by atoms with Crippen LogP contribution in [0.4, 0.5) is 0 Å². The van der Waals surface area contributed by atoms with Crippen molar-refractivity contribution < 1.29 is 14.3 Å². The van der Waals surface area contributed by atoms with Crippen molar-refractivity contribution in [2.75, 3.05) is 0 Å². The Hall–Kier alpha value is -2.19. The van der Waals surface area contributed by atoms with Crippen molar-refractivity contribution >= 4 is 33.3 Å². The molecule has 1 saturated heterocycles. The molecule has 1 aliphatic carbocycles. The summed E-state index contributed by atoms with van der Waals surface area (Å²) < 4.78 is 6.92. The Kier molecular flexibility index (Phi) is 4.78. The minimum Gasteiger partial charge on any atom is -0.458 e. The van der Waals surface area contributed by atoms with Crippen molar-refractivity contribution in [2.24, 2.45) is 5.92 Å². The molecule has 0 spiro atoms. The van der Waals surface area contributed by atoms with Crippen LogP contribution in [0.25, 0.3) is 10.2 Å². The molecule has 5 heteroatoms. The summed E-state index contributed by atoms with van der Waals surface area (Å²) in [7, 11) is 0. The standard InChI is InChI=1S/C21H21NO3S/c23-17-12-20(24)25-21(13-17,16-6-1-2-7-16)10-4-3-5-15-8-9-18-19(11-15)26-14-22-18/h8-9,11,14,16H,1-2,4,6-7,10,12-13H2. The van der Waals surface area contributed by atoms with E-state index in [0.717, 1.165) is 41.5 Å². The number of rotatable bonds is 3. The first-order valence-electron chi connectivity index (χ1n) is 9.20. The van der Waals surface area contributed by atoms with Crippen molar-refractivity contribution in [3.05, 3.63) is 29.3 Å². The number of aromatic nitrogens is 1. The number of thiazole rings is 1. The van der Waals surface area contributed by atoms with Crippen LogP contribution in [0.15, 0.2) is 23.7 Å². The average molecular weight is 367 g/mol. The zero-order chi connectivity index (χ0) is 18.0. The van der Waals surface area contributed by atoms with Gasteiger partial charge < -0.3 is 4.74 Å². The van der Waals surface area contributed by atoms with Crippen LogP contribution >= 0.6 is 11.3 Å². The third kappa shape index (κ3) is 3.52. The Bertz CT molecular complexity index is 883. The molecule has 0 amide bonds. The summed E-state index contributed by atoms with van der Waals surface area (Å²) in [6, 6.07) is 6.01.